The zero-order valence-electron chi connectivity index (χ0n) is 10.1. The highest BCUT2D eigenvalue weighted by atomic mass is 32.2. The number of nitrogens with one attached hydrogen (secondary N) is 2. The van der Waals surface area contributed by atoms with Gasteiger partial charge in [-0.2, -0.15) is 0 Å². The maximum Gasteiger partial charge on any atom is 0.191 e. The number of hydrogen-bond donors (Lipinski definition) is 3. The van der Waals surface area contributed by atoms with Crippen molar-refractivity contribution in [2.24, 2.45) is 5.84 Å². The Balaban J connectivity index is 2.73. The monoisotopic (exact) mass is 275 g/mol. The van der Waals surface area contributed by atoms with E-state index in [1.807, 2.05) is 13.2 Å². The zero-order chi connectivity index (χ0) is 12.8. The van der Waals surface area contributed by atoms with Crippen LogP contribution in [0.5, 0.6) is 0 Å². The number of nitrogen functional groups attached to an aromatic ring is 1. The molecule has 6 nitrogen and oxygen atoms in total. The molecule has 1 aromatic heterocycles. The van der Waals surface area contributed by atoms with Crippen molar-refractivity contribution in [3.8, 4) is 0 Å². The van der Waals surface area contributed by atoms with Gasteiger partial charge in [-0.15, -0.1) is 0 Å². The van der Waals surface area contributed by atoms with Gasteiger partial charge in [0.15, 0.2) is 5.16 Å². The number of thioether (sulfide) groups is 1. The first-order valence-electron chi connectivity index (χ1n) is 5.02. The Bertz CT molecular complexity index is 379. The molecule has 0 aliphatic carbocycles. The minimum atomic E-state index is -0.850. The van der Waals surface area contributed by atoms with Gasteiger partial charge in [0.2, 0.25) is 0 Å². The van der Waals surface area contributed by atoms with E-state index < -0.39 is 10.8 Å². The molecule has 0 aliphatic rings. The van der Waals surface area contributed by atoms with Crippen LogP contribution in [0.3, 0.4) is 0 Å². The van der Waals surface area contributed by atoms with Crippen LogP contribution in [0.15, 0.2) is 11.2 Å². The Morgan fingerprint density at radius 2 is 2.18 bits per heavy atom. The molecule has 0 amide bonds. The van der Waals surface area contributed by atoms with E-state index in [0.29, 0.717) is 23.3 Å². The smallest absolute Gasteiger partial charge is 0.191 e. The van der Waals surface area contributed by atoms with Gasteiger partial charge in [0.05, 0.1) is 0 Å². The Morgan fingerprint density at radius 1 is 1.53 bits per heavy atom. The van der Waals surface area contributed by atoms with Crippen LogP contribution in [0.2, 0.25) is 0 Å². The number of anilines is 2. The van der Waals surface area contributed by atoms with Crippen LogP contribution < -0.4 is 16.6 Å². The molecule has 2 unspecified atom stereocenters. The van der Waals surface area contributed by atoms with Crippen molar-refractivity contribution in [1.82, 2.24) is 9.97 Å². The van der Waals surface area contributed by atoms with E-state index in [9.17, 15) is 4.21 Å². The van der Waals surface area contributed by atoms with E-state index in [-0.39, 0.29) is 5.25 Å². The van der Waals surface area contributed by atoms with Crippen molar-refractivity contribution < 1.29 is 4.21 Å². The first-order chi connectivity index (χ1) is 8.06. The normalized spacial score (nSPS) is 14.1. The molecule has 4 N–H and O–H groups in total. The van der Waals surface area contributed by atoms with Gasteiger partial charge in [0, 0.05) is 34.9 Å². The summed E-state index contributed by atoms with van der Waals surface area (Å²) in [6.07, 6.45) is 3.58. The van der Waals surface area contributed by atoms with Crippen molar-refractivity contribution in [2.45, 2.75) is 17.3 Å². The van der Waals surface area contributed by atoms with Gasteiger partial charge >= 0.3 is 0 Å². The van der Waals surface area contributed by atoms with Crippen molar-refractivity contribution in [3.63, 3.8) is 0 Å². The molecular weight excluding hydrogens is 258 g/mol. The average molecular weight is 275 g/mol. The molecule has 0 spiro atoms. The van der Waals surface area contributed by atoms with Crippen molar-refractivity contribution in [1.29, 1.82) is 0 Å². The van der Waals surface area contributed by atoms with Crippen LogP contribution >= 0.6 is 11.8 Å². The third kappa shape index (κ3) is 4.49. The number of aromatic nitrogens is 2. The lowest BCUT2D eigenvalue weighted by Gasteiger charge is -2.11. The van der Waals surface area contributed by atoms with Gasteiger partial charge in [-0.25, -0.2) is 15.8 Å². The highest BCUT2D eigenvalue weighted by Crippen LogP contribution is 2.16. The van der Waals surface area contributed by atoms with E-state index in [4.69, 9.17) is 5.84 Å². The molecule has 0 bridgehead atoms. The topological polar surface area (TPSA) is 92.9 Å². The highest BCUT2D eigenvalue weighted by molar-refractivity contribution is 7.98. The largest absolute Gasteiger partial charge is 0.369 e. The van der Waals surface area contributed by atoms with Gasteiger partial charge in [-0.05, 0) is 13.2 Å². The molecule has 0 fully saturated rings. The fourth-order valence-corrected chi connectivity index (χ4v) is 1.74. The van der Waals surface area contributed by atoms with Crippen LogP contribution in [-0.2, 0) is 10.8 Å². The molecule has 8 heteroatoms. The predicted molar refractivity (Wildman–Crippen MR) is 73.6 cm³/mol. The van der Waals surface area contributed by atoms with Gasteiger partial charge in [-0.1, -0.05) is 11.8 Å². The standard InChI is InChI=1S/C9H17N5OS2/c1-6(17(3)15)5-11-7-4-8(14-10)13-9(12-7)16-2/h4,6H,5,10H2,1-3H3,(H2,11,12,13,14). The average Bonchev–Trinajstić information content (AvgIpc) is 2.35. The predicted octanol–water partition coefficient (Wildman–Crippen LogP) is 0.663. The summed E-state index contributed by atoms with van der Waals surface area (Å²) in [6.45, 7) is 2.51. The van der Waals surface area contributed by atoms with Crippen molar-refractivity contribution in [2.75, 3.05) is 29.8 Å². The summed E-state index contributed by atoms with van der Waals surface area (Å²) in [7, 11) is -0.850. The van der Waals surface area contributed by atoms with E-state index in [0.717, 1.165) is 0 Å². The number of rotatable bonds is 6. The SMILES string of the molecule is CSc1nc(NN)cc(NCC(C)S(C)=O)n1. The fourth-order valence-electron chi connectivity index (χ4n) is 1.05. The summed E-state index contributed by atoms with van der Waals surface area (Å²) in [5.74, 6) is 6.55. The summed E-state index contributed by atoms with van der Waals surface area (Å²) >= 11 is 1.44. The van der Waals surface area contributed by atoms with Crippen LogP contribution in [0.4, 0.5) is 11.6 Å². The Kier molecular flexibility index (Phi) is 5.66. The highest BCUT2D eigenvalue weighted by Gasteiger charge is 2.07. The maximum atomic E-state index is 11.2. The summed E-state index contributed by atoms with van der Waals surface area (Å²) in [6, 6.07) is 1.71. The molecular formula is C9H17N5OS2. The second-order valence-corrected chi connectivity index (χ2v) is 6.03. The molecule has 1 aromatic rings. The van der Waals surface area contributed by atoms with Gasteiger partial charge in [-0.3, -0.25) is 4.21 Å². The van der Waals surface area contributed by atoms with Gasteiger partial charge < -0.3 is 10.7 Å². The zero-order valence-corrected chi connectivity index (χ0v) is 11.7. The van der Waals surface area contributed by atoms with E-state index >= 15 is 0 Å². The summed E-state index contributed by atoms with van der Waals surface area (Å²) < 4.78 is 11.2. The number of nitrogens with zero attached hydrogens (tertiary/aromatic N) is 2. The number of hydrogen-bond acceptors (Lipinski definition) is 7. The molecule has 0 radical (unpaired) electrons. The molecule has 0 aliphatic heterocycles. The lowest BCUT2D eigenvalue weighted by atomic mass is 10.4. The lowest BCUT2D eigenvalue weighted by molar-refractivity contribution is 0.678. The second kappa shape index (κ2) is 6.77. The summed E-state index contributed by atoms with van der Waals surface area (Å²) in [4.78, 5) is 8.43. The first-order valence-corrected chi connectivity index (χ1v) is 7.87. The maximum absolute atomic E-state index is 11.2. The number of nitrogens with two attached hydrogens (primary N) is 1. The molecule has 96 valence electrons. The Hall–Kier alpha value is -0.860. The molecule has 1 rings (SSSR count). The van der Waals surface area contributed by atoms with Crippen molar-refractivity contribution in [3.05, 3.63) is 6.07 Å². The van der Waals surface area contributed by atoms with Crippen LogP contribution in [0, 0.1) is 0 Å². The summed E-state index contributed by atoms with van der Waals surface area (Å²) in [5.41, 5.74) is 2.49. The molecule has 0 saturated carbocycles. The van der Waals surface area contributed by atoms with E-state index in [1.165, 1.54) is 11.8 Å². The summed E-state index contributed by atoms with van der Waals surface area (Å²) in [5, 5.41) is 3.82. The van der Waals surface area contributed by atoms with Gasteiger partial charge in [0.25, 0.3) is 0 Å². The minimum Gasteiger partial charge on any atom is -0.369 e. The van der Waals surface area contributed by atoms with Crippen LogP contribution in [0.25, 0.3) is 0 Å². The second-order valence-electron chi connectivity index (χ2n) is 3.46. The molecule has 1 heterocycles. The van der Waals surface area contributed by atoms with E-state index in [2.05, 4.69) is 20.7 Å². The third-order valence-corrected chi connectivity index (χ3v) is 4.02. The van der Waals surface area contributed by atoms with Gasteiger partial charge in [0.1, 0.15) is 11.6 Å². The quantitative estimate of drug-likeness (QED) is 0.304. The lowest BCUT2D eigenvalue weighted by Crippen LogP contribution is -2.21. The molecule has 0 saturated heterocycles. The molecule has 17 heavy (non-hydrogen) atoms. The van der Waals surface area contributed by atoms with Crippen LogP contribution in [-0.4, -0.2) is 38.5 Å². The molecule has 0 aromatic carbocycles. The van der Waals surface area contributed by atoms with Crippen LogP contribution in [0.1, 0.15) is 6.92 Å². The fraction of sp³-hybridized carbons (Fsp3) is 0.556. The van der Waals surface area contributed by atoms with Crippen molar-refractivity contribution >= 4 is 34.2 Å². The Labute approximate surface area is 108 Å². The first kappa shape index (κ1) is 14.2. The Morgan fingerprint density at radius 3 is 2.71 bits per heavy atom. The molecule has 2 atom stereocenters. The third-order valence-electron chi connectivity index (χ3n) is 2.17. The number of hydrazine groups is 1. The minimum absolute atomic E-state index is 0.0666. The van der Waals surface area contributed by atoms with E-state index in [1.54, 1.807) is 12.3 Å².